The number of carbonyl (C=O) groups excluding carboxylic acids is 1. The van der Waals surface area contributed by atoms with Gasteiger partial charge in [0.25, 0.3) is 0 Å². The van der Waals surface area contributed by atoms with E-state index in [1.807, 2.05) is 0 Å². The zero-order valence-corrected chi connectivity index (χ0v) is 11.5. The Bertz CT molecular complexity index is 412. The smallest absolute Gasteiger partial charge is 0.181 e. The van der Waals surface area contributed by atoms with Gasteiger partial charge in [-0.2, -0.15) is 0 Å². The Morgan fingerprint density at radius 3 is 2.94 bits per heavy atom. The first-order valence-electron chi connectivity index (χ1n) is 6.80. The highest BCUT2D eigenvalue weighted by atomic mass is 16.5. The van der Waals surface area contributed by atoms with E-state index in [0.717, 1.165) is 18.7 Å². The highest BCUT2D eigenvalue weighted by Crippen LogP contribution is 2.23. The number of nitrogens with zero attached hydrogens (tertiary/aromatic N) is 2. The molecule has 1 saturated heterocycles. The minimum absolute atomic E-state index is 0.0330. The molecule has 100 valence electrons. The van der Waals surface area contributed by atoms with E-state index < -0.39 is 0 Å². The van der Waals surface area contributed by atoms with E-state index >= 15 is 0 Å². The number of Topliss-reactive ketones (excluding diaryl/α,β-unsaturated/α-hetero) is 1. The summed E-state index contributed by atoms with van der Waals surface area (Å²) < 4.78 is 5.26. The Hall–Kier alpha value is -1.16. The molecule has 1 aliphatic heterocycles. The van der Waals surface area contributed by atoms with Gasteiger partial charge in [0.1, 0.15) is 11.5 Å². The fourth-order valence-electron chi connectivity index (χ4n) is 2.73. The van der Waals surface area contributed by atoms with Crippen molar-refractivity contribution in [2.75, 3.05) is 6.54 Å². The van der Waals surface area contributed by atoms with E-state index in [9.17, 15) is 4.79 Å². The minimum Gasteiger partial charge on any atom is -0.361 e. The van der Waals surface area contributed by atoms with Crippen LogP contribution in [0.1, 0.15) is 56.3 Å². The monoisotopic (exact) mass is 250 g/mol. The number of likely N-dealkylation sites (tertiary alicyclic amines) is 1. The molecule has 0 bridgehead atoms. The summed E-state index contributed by atoms with van der Waals surface area (Å²) in [6.45, 7) is 7.15. The van der Waals surface area contributed by atoms with Crippen molar-refractivity contribution < 1.29 is 9.32 Å². The molecule has 1 atom stereocenters. The van der Waals surface area contributed by atoms with Crippen LogP contribution in [0.25, 0.3) is 0 Å². The lowest BCUT2D eigenvalue weighted by atomic mass is 9.96. The third-order valence-corrected chi connectivity index (χ3v) is 3.69. The molecule has 1 aromatic heterocycles. The maximum absolute atomic E-state index is 11.2. The summed E-state index contributed by atoms with van der Waals surface area (Å²) in [5.74, 6) is 0.798. The zero-order valence-electron chi connectivity index (χ0n) is 11.5. The standard InChI is InChI=1S/C14H22N2O2/c1-10(2)16-7-5-4-6-12(16)8-13-9-14(11(3)17)15-18-13/h9-10,12H,4-8H2,1-3H3. The number of rotatable bonds is 4. The Morgan fingerprint density at radius 2 is 2.33 bits per heavy atom. The predicted octanol–water partition coefficient (Wildman–Crippen LogP) is 2.68. The number of piperidine rings is 1. The van der Waals surface area contributed by atoms with Gasteiger partial charge in [0, 0.05) is 31.5 Å². The van der Waals surface area contributed by atoms with E-state index in [2.05, 4.69) is 23.9 Å². The second-order valence-electron chi connectivity index (χ2n) is 5.42. The lowest BCUT2D eigenvalue weighted by molar-refractivity contribution is 0.100. The van der Waals surface area contributed by atoms with Crippen molar-refractivity contribution in [1.29, 1.82) is 0 Å². The number of ketones is 1. The minimum atomic E-state index is -0.0330. The van der Waals surface area contributed by atoms with Gasteiger partial charge in [-0.1, -0.05) is 11.6 Å². The van der Waals surface area contributed by atoms with Crippen molar-refractivity contribution in [2.45, 2.75) is 58.5 Å². The average molecular weight is 250 g/mol. The summed E-state index contributed by atoms with van der Waals surface area (Å²) in [4.78, 5) is 13.7. The molecular weight excluding hydrogens is 228 g/mol. The molecule has 1 unspecified atom stereocenters. The topological polar surface area (TPSA) is 46.3 Å². The molecule has 1 fully saturated rings. The van der Waals surface area contributed by atoms with Crippen LogP contribution in [0.4, 0.5) is 0 Å². The van der Waals surface area contributed by atoms with Crippen molar-refractivity contribution >= 4 is 5.78 Å². The van der Waals surface area contributed by atoms with Gasteiger partial charge in [-0.3, -0.25) is 9.69 Å². The second kappa shape index (κ2) is 5.65. The Labute approximate surface area is 108 Å². The highest BCUT2D eigenvalue weighted by molar-refractivity contribution is 5.91. The number of aromatic nitrogens is 1. The molecule has 0 N–H and O–H groups in total. The third-order valence-electron chi connectivity index (χ3n) is 3.69. The maximum atomic E-state index is 11.2. The molecule has 0 radical (unpaired) electrons. The van der Waals surface area contributed by atoms with Gasteiger partial charge in [-0.15, -0.1) is 0 Å². The summed E-state index contributed by atoms with van der Waals surface area (Å²) in [7, 11) is 0. The van der Waals surface area contributed by atoms with Gasteiger partial charge in [-0.05, 0) is 33.2 Å². The molecule has 0 aromatic carbocycles. The zero-order chi connectivity index (χ0) is 13.1. The van der Waals surface area contributed by atoms with Crippen LogP contribution in [0.15, 0.2) is 10.6 Å². The average Bonchev–Trinajstić information content (AvgIpc) is 2.78. The van der Waals surface area contributed by atoms with E-state index in [-0.39, 0.29) is 5.78 Å². The fraction of sp³-hybridized carbons (Fsp3) is 0.714. The Balaban J connectivity index is 2.03. The number of hydrogen-bond donors (Lipinski definition) is 0. The Kier molecular flexibility index (Phi) is 4.17. The normalized spacial score (nSPS) is 21.4. The van der Waals surface area contributed by atoms with Gasteiger partial charge in [0.2, 0.25) is 0 Å². The molecule has 0 aliphatic carbocycles. The summed E-state index contributed by atoms with van der Waals surface area (Å²) in [5.41, 5.74) is 0.442. The summed E-state index contributed by atoms with van der Waals surface area (Å²) >= 11 is 0. The van der Waals surface area contributed by atoms with Crippen LogP contribution in [0.2, 0.25) is 0 Å². The molecular formula is C14H22N2O2. The molecule has 4 nitrogen and oxygen atoms in total. The van der Waals surface area contributed by atoms with Crippen LogP contribution in [-0.4, -0.2) is 34.5 Å². The maximum Gasteiger partial charge on any atom is 0.181 e. The molecule has 0 saturated carbocycles. The van der Waals surface area contributed by atoms with E-state index in [0.29, 0.717) is 17.8 Å². The molecule has 1 aromatic rings. The lowest BCUT2D eigenvalue weighted by Crippen LogP contribution is -2.44. The summed E-state index contributed by atoms with van der Waals surface area (Å²) in [6, 6.07) is 2.87. The van der Waals surface area contributed by atoms with Crippen molar-refractivity contribution in [1.82, 2.24) is 10.1 Å². The third kappa shape index (κ3) is 2.99. The largest absolute Gasteiger partial charge is 0.361 e. The van der Waals surface area contributed by atoms with E-state index in [1.165, 1.54) is 26.2 Å². The van der Waals surface area contributed by atoms with Crippen LogP contribution in [0.5, 0.6) is 0 Å². The van der Waals surface area contributed by atoms with Crippen LogP contribution in [-0.2, 0) is 6.42 Å². The first-order valence-corrected chi connectivity index (χ1v) is 6.80. The van der Waals surface area contributed by atoms with E-state index in [4.69, 9.17) is 4.52 Å². The van der Waals surface area contributed by atoms with E-state index in [1.54, 1.807) is 6.07 Å². The Morgan fingerprint density at radius 1 is 1.56 bits per heavy atom. The first-order chi connectivity index (χ1) is 8.58. The molecule has 1 aliphatic rings. The predicted molar refractivity (Wildman–Crippen MR) is 69.7 cm³/mol. The summed E-state index contributed by atoms with van der Waals surface area (Å²) in [5, 5.41) is 3.81. The highest BCUT2D eigenvalue weighted by Gasteiger charge is 2.26. The van der Waals surface area contributed by atoms with Crippen molar-refractivity contribution in [2.24, 2.45) is 0 Å². The van der Waals surface area contributed by atoms with Gasteiger partial charge >= 0.3 is 0 Å². The SMILES string of the molecule is CC(=O)c1cc(CC2CCCCN2C(C)C)on1. The molecule has 2 rings (SSSR count). The molecule has 18 heavy (non-hydrogen) atoms. The molecule has 2 heterocycles. The van der Waals surface area contributed by atoms with Crippen LogP contribution in [0, 0.1) is 0 Å². The van der Waals surface area contributed by atoms with Crippen molar-refractivity contribution in [3.05, 3.63) is 17.5 Å². The summed E-state index contributed by atoms with van der Waals surface area (Å²) in [6.07, 6.45) is 4.62. The van der Waals surface area contributed by atoms with Crippen molar-refractivity contribution in [3.63, 3.8) is 0 Å². The second-order valence-corrected chi connectivity index (χ2v) is 5.42. The number of hydrogen-bond acceptors (Lipinski definition) is 4. The molecule has 0 spiro atoms. The van der Waals surface area contributed by atoms with Gasteiger partial charge in [0.15, 0.2) is 5.78 Å². The van der Waals surface area contributed by atoms with Crippen LogP contribution >= 0.6 is 0 Å². The van der Waals surface area contributed by atoms with Crippen molar-refractivity contribution in [3.8, 4) is 0 Å². The molecule has 4 heteroatoms. The van der Waals surface area contributed by atoms with Crippen LogP contribution < -0.4 is 0 Å². The van der Waals surface area contributed by atoms with Crippen LogP contribution in [0.3, 0.4) is 0 Å². The van der Waals surface area contributed by atoms with Gasteiger partial charge in [-0.25, -0.2) is 0 Å². The lowest BCUT2D eigenvalue weighted by Gasteiger charge is -2.38. The van der Waals surface area contributed by atoms with Gasteiger partial charge < -0.3 is 4.52 Å². The first kappa shape index (κ1) is 13.3. The number of carbonyl (C=O) groups is 1. The fourth-order valence-corrected chi connectivity index (χ4v) is 2.73. The molecule has 0 amide bonds. The quantitative estimate of drug-likeness (QED) is 0.771. The van der Waals surface area contributed by atoms with Gasteiger partial charge in [0.05, 0.1) is 0 Å².